The second-order valence-electron chi connectivity index (χ2n) is 3.79. The third-order valence-electron chi connectivity index (χ3n) is 2.01. The molecule has 0 spiro atoms. The Morgan fingerprint density at radius 1 is 1.35 bits per heavy atom. The molecule has 0 atom stereocenters. The molecule has 0 radical (unpaired) electrons. The van der Waals surface area contributed by atoms with Crippen molar-refractivity contribution in [1.82, 2.24) is 0 Å². The normalized spacial score (nSPS) is 8.85. The number of ketones is 1. The molecule has 0 aliphatic carbocycles. The molecule has 0 aliphatic rings. The number of benzene rings is 1. The second kappa shape index (κ2) is 8.37. The van der Waals surface area contributed by atoms with E-state index in [9.17, 15) is 9.59 Å². The van der Waals surface area contributed by atoms with E-state index in [0.29, 0.717) is 29.3 Å². The van der Waals surface area contributed by atoms with Crippen LogP contribution in [0.15, 0.2) is 12.1 Å². The Morgan fingerprint density at radius 2 is 1.90 bits per heavy atom. The maximum atomic E-state index is 9.87. The van der Waals surface area contributed by atoms with Crippen molar-refractivity contribution >= 4 is 23.1 Å². The molecular weight excluding hydrogens is 262 g/mol. The molecule has 0 amide bonds. The van der Waals surface area contributed by atoms with Crippen LogP contribution in [0.4, 0.5) is 11.4 Å². The SMILES string of the molecule is CC(=O)CC(=O)O.CCOc1cc(N)c(N)cc1C#N. The fourth-order valence-electron chi connectivity index (χ4n) is 1.19. The van der Waals surface area contributed by atoms with Crippen LogP contribution in [0.25, 0.3) is 0 Å². The number of Topliss-reactive ketones (excluding diaryl/α,β-unsaturated/α-hetero) is 1. The number of carboxylic acids is 1. The molecule has 7 heteroatoms. The number of nitrogens with two attached hydrogens (primary N) is 2. The lowest BCUT2D eigenvalue weighted by Crippen LogP contribution is -2.00. The average Bonchev–Trinajstić information content (AvgIpc) is 2.33. The first-order chi connectivity index (χ1) is 9.31. The number of anilines is 2. The molecule has 1 aromatic carbocycles. The molecule has 0 aromatic heterocycles. The van der Waals surface area contributed by atoms with Gasteiger partial charge in [0.05, 0.1) is 23.5 Å². The van der Waals surface area contributed by atoms with Gasteiger partial charge in [-0.1, -0.05) is 0 Å². The minimum Gasteiger partial charge on any atom is -0.492 e. The molecule has 0 fully saturated rings. The number of aliphatic carboxylic acids is 1. The van der Waals surface area contributed by atoms with E-state index in [1.54, 1.807) is 6.07 Å². The van der Waals surface area contributed by atoms with Gasteiger partial charge in [0.2, 0.25) is 0 Å². The fraction of sp³-hybridized carbons (Fsp3) is 0.308. The lowest BCUT2D eigenvalue weighted by Gasteiger charge is -2.07. The number of carboxylic acid groups (broad SMARTS) is 1. The van der Waals surface area contributed by atoms with E-state index < -0.39 is 5.97 Å². The summed E-state index contributed by atoms with van der Waals surface area (Å²) < 4.78 is 5.21. The van der Waals surface area contributed by atoms with E-state index >= 15 is 0 Å². The Labute approximate surface area is 116 Å². The van der Waals surface area contributed by atoms with Crippen LogP contribution in [-0.4, -0.2) is 23.5 Å². The maximum absolute atomic E-state index is 9.87. The lowest BCUT2D eigenvalue weighted by molar-refractivity contribution is -0.139. The van der Waals surface area contributed by atoms with Crippen molar-refractivity contribution in [2.75, 3.05) is 18.1 Å². The van der Waals surface area contributed by atoms with Gasteiger partial charge in [0.25, 0.3) is 0 Å². The Hall–Kier alpha value is -2.75. The highest BCUT2D eigenvalue weighted by Crippen LogP contribution is 2.26. The van der Waals surface area contributed by atoms with Crippen LogP contribution in [0, 0.1) is 11.3 Å². The molecule has 7 nitrogen and oxygen atoms in total. The number of hydrogen-bond donors (Lipinski definition) is 3. The van der Waals surface area contributed by atoms with Gasteiger partial charge in [0.15, 0.2) is 0 Å². The molecule has 0 aliphatic heterocycles. The van der Waals surface area contributed by atoms with E-state index in [1.165, 1.54) is 13.0 Å². The second-order valence-corrected chi connectivity index (χ2v) is 3.79. The highest BCUT2D eigenvalue weighted by atomic mass is 16.5. The Bertz CT molecular complexity index is 523. The van der Waals surface area contributed by atoms with Crippen molar-refractivity contribution in [2.45, 2.75) is 20.3 Å². The predicted molar refractivity (Wildman–Crippen MR) is 74.1 cm³/mol. The number of nitriles is 1. The number of nitrogens with zero attached hydrogens (tertiary/aromatic N) is 1. The summed E-state index contributed by atoms with van der Waals surface area (Å²) in [4.78, 5) is 19.5. The smallest absolute Gasteiger partial charge is 0.310 e. The first-order valence-corrected chi connectivity index (χ1v) is 5.74. The highest BCUT2D eigenvalue weighted by molar-refractivity contribution is 5.93. The minimum absolute atomic E-state index is 0.312. The standard InChI is InChI=1S/C9H11N3O.C4H6O3/c1-2-13-9-4-8(12)7(11)3-6(9)5-10;1-3(5)2-4(6)7/h3-4H,2,11-12H2,1H3;2H2,1H3,(H,6,7). The third-order valence-corrected chi connectivity index (χ3v) is 2.01. The van der Waals surface area contributed by atoms with Gasteiger partial charge >= 0.3 is 5.97 Å². The quantitative estimate of drug-likeness (QED) is 0.555. The first kappa shape index (κ1) is 17.2. The first-order valence-electron chi connectivity index (χ1n) is 5.74. The van der Waals surface area contributed by atoms with Gasteiger partial charge in [-0.15, -0.1) is 0 Å². The number of carbonyl (C=O) groups is 2. The zero-order valence-electron chi connectivity index (χ0n) is 11.3. The summed E-state index contributed by atoms with van der Waals surface area (Å²) in [5.74, 6) is -0.892. The third kappa shape index (κ3) is 6.26. The number of ether oxygens (including phenoxy) is 1. The van der Waals surface area contributed by atoms with Crippen LogP contribution >= 0.6 is 0 Å². The summed E-state index contributed by atoms with van der Waals surface area (Å²) in [7, 11) is 0. The zero-order valence-corrected chi connectivity index (χ0v) is 11.3. The van der Waals surface area contributed by atoms with E-state index in [-0.39, 0.29) is 12.2 Å². The van der Waals surface area contributed by atoms with Gasteiger partial charge < -0.3 is 21.3 Å². The number of nitrogen functional groups attached to an aromatic ring is 2. The van der Waals surface area contributed by atoms with Gasteiger partial charge in [-0.05, 0) is 19.9 Å². The molecule has 0 heterocycles. The highest BCUT2D eigenvalue weighted by Gasteiger charge is 2.05. The van der Waals surface area contributed by atoms with Crippen molar-refractivity contribution in [1.29, 1.82) is 5.26 Å². The van der Waals surface area contributed by atoms with Crippen molar-refractivity contribution in [2.24, 2.45) is 0 Å². The van der Waals surface area contributed by atoms with Gasteiger partial charge in [-0.2, -0.15) is 5.26 Å². The van der Waals surface area contributed by atoms with E-state index in [0.717, 1.165) is 0 Å². The van der Waals surface area contributed by atoms with Crippen LogP contribution in [0.1, 0.15) is 25.8 Å². The van der Waals surface area contributed by atoms with Crippen LogP contribution in [0.2, 0.25) is 0 Å². The van der Waals surface area contributed by atoms with Gasteiger partial charge in [0.1, 0.15) is 24.0 Å². The van der Waals surface area contributed by atoms with Crippen molar-refractivity contribution in [3.63, 3.8) is 0 Å². The summed E-state index contributed by atoms with van der Waals surface area (Å²) in [5.41, 5.74) is 12.3. The average molecular weight is 279 g/mol. The zero-order chi connectivity index (χ0) is 15.7. The van der Waals surface area contributed by atoms with Gasteiger partial charge in [-0.25, -0.2) is 0 Å². The van der Waals surface area contributed by atoms with Gasteiger partial charge in [0, 0.05) is 6.07 Å². The summed E-state index contributed by atoms with van der Waals surface area (Å²) in [6.07, 6.45) is -0.361. The molecule has 0 saturated carbocycles. The molecule has 1 rings (SSSR count). The molecule has 0 unspecified atom stereocenters. The van der Waals surface area contributed by atoms with Crippen LogP contribution in [0.3, 0.4) is 0 Å². The van der Waals surface area contributed by atoms with E-state index in [4.69, 9.17) is 26.6 Å². The maximum Gasteiger partial charge on any atom is 0.310 e. The number of rotatable bonds is 4. The minimum atomic E-state index is -1.06. The lowest BCUT2D eigenvalue weighted by atomic mass is 10.1. The van der Waals surface area contributed by atoms with Crippen molar-refractivity contribution in [3.05, 3.63) is 17.7 Å². The monoisotopic (exact) mass is 279 g/mol. The van der Waals surface area contributed by atoms with Crippen LogP contribution < -0.4 is 16.2 Å². The number of hydrogen-bond acceptors (Lipinski definition) is 6. The Balaban J connectivity index is 0.000000441. The summed E-state index contributed by atoms with van der Waals surface area (Å²) in [5, 5.41) is 16.6. The molecular formula is C13H17N3O4. The molecule has 108 valence electrons. The van der Waals surface area contributed by atoms with Crippen molar-refractivity contribution < 1.29 is 19.4 Å². The van der Waals surface area contributed by atoms with Crippen LogP contribution in [-0.2, 0) is 9.59 Å². The summed E-state index contributed by atoms with van der Waals surface area (Å²) in [6, 6.07) is 5.07. The molecule has 20 heavy (non-hydrogen) atoms. The molecule has 0 bridgehead atoms. The summed E-state index contributed by atoms with van der Waals surface area (Å²) in [6.45, 7) is 3.58. The Kier molecular flexibility index (Phi) is 7.22. The fourth-order valence-corrected chi connectivity index (χ4v) is 1.19. The van der Waals surface area contributed by atoms with Crippen LogP contribution in [0.5, 0.6) is 5.75 Å². The van der Waals surface area contributed by atoms with E-state index in [1.807, 2.05) is 13.0 Å². The molecule has 0 saturated heterocycles. The largest absolute Gasteiger partial charge is 0.492 e. The number of carbonyl (C=O) groups excluding carboxylic acids is 1. The molecule has 5 N–H and O–H groups in total. The summed E-state index contributed by atoms with van der Waals surface area (Å²) >= 11 is 0. The predicted octanol–water partition coefficient (Wildman–Crippen LogP) is 1.17. The molecule has 1 aromatic rings. The topological polar surface area (TPSA) is 139 Å². The van der Waals surface area contributed by atoms with Gasteiger partial charge in [-0.3, -0.25) is 9.59 Å². The Morgan fingerprint density at radius 3 is 2.25 bits per heavy atom. The van der Waals surface area contributed by atoms with Crippen molar-refractivity contribution in [3.8, 4) is 11.8 Å². The van der Waals surface area contributed by atoms with E-state index in [2.05, 4.69) is 0 Å².